The van der Waals surface area contributed by atoms with Crippen LogP contribution in [0.3, 0.4) is 0 Å². The zero-order valence-electron chi connectivity index (χ0n) is 42.0. The SMILES string of the molecule is COc1ccccc1C1CCN(C(CO)C2CCN(C(=O)/C=C/c3cc(F)cc(F)c3)CC2)CC1.Cc1[nH]c2ccccc2c1C1CCN(C(C(=O)O)C2CCN(C(=O)/C=C/c3cc(F)c(F)c(F)c3)CC2)CC1. The number of nitrogens with one attached hydrogen (secondary N) is 1. The number of para-hydroxylation sites is 2. The number of fused-ring (bicyclic) bond motifs is 1. The fraction of sp³-hybridized carbons (Fsp3) is 0.431. The number of carbonyl (C=O) groups is 3. The van der Waals surface area contributed by atoms with Crippen molar-refractivity contribution in [3.8, 4) is 5.75 Å². The number of piperidine rings is 4. The van der Waals surface area contributed by atoms with Gasteiger partial charge in [0, 0.05) is 67.0 Å². The van der Waals surface area contributed by atoms with E-state index in [1.54, 1.807) is 16.9 Å². The molecule has 1 aromatic heterocycles. The van der Waals surface area contributed by atoms with Gasteiger partial charge in [0.25, 0.3) is 0 Å². The molecule has 0 radical (unpaired) electrons. The summed E-state index contributed by atoms with van der Waals surface area (Å²) in [6, 6.07) is 20.8. The van der Waals surface area contributed by atoms with Gasteiger partial charge in [-0.25, -0.2) is 22.0 Å². The Labute approximate surface area is 429 Å². The lowest BCUT2D eigenvalue weighted by Crippen LogP contribution is -2.52. The number of likely N-dealkylation sites (tertiary alicyclic amines) is 4. The molecule has 394 valence electrons. The van der Waals surface area contributed by atoms with E-state index in [0.29, 0.717) is 75.4 Å². The summed E-state index contributed by atoms with van der Waals surface area (Å²) < 4.78 is 72.3. The third-order valence-corrected chi connectivity index (χ3v) is 15.7. The van der Waals surface area contributed by atoms with Crippen molar-refractivity contribution >= 4 is 40.8 Å². The molecule has 4 fully saturated rings. The standard InChI is InChI=1S/C30H32F3N3O3.C28H34F2N2O3/c1-18-27(22-4-2-3-5-25(22)34-18)20-8-14-36(15-9-20)29(30(38)39)21-10-12-35(13-11-21)26(37)7-6-19-16-23(31)28(33)24(32)17-19;1-35-27-5-3-2-4-25(27)21-8-12-31(13-9-21)26(19-33)22-10-14-32(15-11-22)28(34)7-6-20-16-23(29)18-24(30)17-20/h2-7,16-17,20-21,29,34H,8-15H2,1H3,(H,38,39);2-7,16-18,21-22,26,33H,8-15,19H2,1H3/b2*7-6+. The van der Waals surface area contributed by atoms with Gasteiger partial charge < -0.3 is 29.7 Å². The molecule has 4 aromatic carbocycles. The summed E-state index contributed by atoms with van der Waals surface area (Å²) in [6.45, 7) is 7.49. The first-order chi connectivity index (χ1) is 35.7. The second-order valence-electron chi connectivity index (χ2n) is 20.1. The minimum absolute atomic E-state index is 0.0480. The molecule has 9 rings (SSSR count). The highest BCUT2D eigenvalue weighted by atomic mass is 19.2. The predicted molar refractivity (Wildman–Crippen MR) is 275 cm³/mol. The average Bonchev–Trinajstić information content (AvgIpc) is 3.75. The van der Waals surface area contributed by atoms with Crippen LogP contribution in [0.4, 0.5) is 22.0 Å². The molecular weight excluding hydrogens is 958 g/mol. The Balaban J connectivity index is 0.000000198. The first-order valence-corrected chi connectivity index (χ1v) is 25.8. The largest absolute Gasteiger partial charge is 0.496 e. The summed E-state index contributed by atoms with van der Waals surface area (Å²) in [6.07, 6.45) is 11.9. The number of carboxylic acids is 1. The smallest absolute Gasteiger partial charge is 0.321 e. The van der Waals surface area contributed by atoms with Crippen LogP contribution in [-0.4, -0.2) is 131 Å². The molecule has 4 saturated heterocycles. The predicted octanol–water partition coefficient (Wildman–Crippen LogP) is 9.94. The first kappa shape index (κ1) is 53.9. The van der Waals surface area contributed by atoms with Crippen molar-refractivity contribution in [1.29, 1.82) is 0 Å². The highest BCUT2D eigenvalue weighted by Crippen LogP contribution is 2.39. The molecule has 11 nitrogen and oxygen atoms in total. The van der Waals surface area contributed by atoms with Crippen molar-refractivity contribution < 1.29 is 51.3 Å². The van der Waals surface area contributed by atoms with E-state index in [9.17, 15) is 46.5 Å². The number of aromatic amines is 1. The molecule has 3 N–H and O–H groups in total. The molecule has 0 spiro atoms. The van der Waals surface area contributed by atoms with Crippen molar-refractivity contribution in [3.63, 3.8) is 0 Å². The Morgan fingerprint density at radius 2 is 1.18 bits per heavy atom. The second-order valence-corrected chi connectivity index (χ2v) is 20.1. The number of rotatable bonds is 13. The lowest BCUT2D eigenvalue weighted by atomic mass is 9.84. The fourth-order valence-corrected chi connectivity index (χ4v) is 11.9. The van der Waals surface area contributed by atoms with E-state index in [-0.39, 0.29) is 35.9 Å². The Kier molecular flexibility index (Phi) is 18.1. The minimum Gasteiger partial charge on any atom is -0.496 e. The van der Waals surface area contributed by atoms with Gasteiger partial charge in [0.1, 0.15) is 23.4 Å². The number of carbonyl (C=O) groups excluding carboxylic acids is 2. The molecule has 0 aliphatic carbocycles. The van der Waals surface area contributed by atoms with E-state index in [1.807, 2.05) is 24.3 Å². The number of benzene rings is 4. The summed E-state index contributed by atoms with van der Waals surface area (Å²) >= 11 is 0. The lowest BCUT2D eigenvalue weighted by Gasteiger charge is -2.43. The van der Waals surface area contributed by atoms with Crippen LogP contribution in [0.5, 0.6) is 5.75 Å². The van der Waals surface area contributed by atoms with Gasteiger partial charge in [-0.2, -0.15) is 0 Å². The van der Waals surface area contributed by atoms with E-state index < -0.39 is 41.1 Å². The van der Waals surface area contributed by atoms with Crippen molar-refractivity contribution in [2.45, 2.75) is 82.2 Å². The van der Waals surface area contributed by atoms with Gasteiger partial charge >= 0.3 is 5.97 Å². The third-order valence-electron chi connectivity index (χ3n) is 15.7. The zero-order valence-corrected chi connectivity index (χ0v) is 42.0. The molecule has 5 aromatic rings. The van der Waals surface area contributed by atoms with Crippen molar-refractivity contribution in [1.82, 2.24) is 24.6 Å². The second kappa shape index (κ2) is 24.8. The highest BCUT2D eigenvalue weighted by molar-refractivity contribution is 5.92. The van der Waals surface area contributed by atoms with Gasteiger partial charge in [-0.05, 0) is 179 Å². The molecule has 4 aliphatic rings. The van der Waals surface area contributed by atoms with Crippen molar-refractivity contribution in [2.75, 3.05) is 66.1 Å². The first-order valence-electron chi connectivity index (χ1n) is 25.8. The van der Waals surface area contributed by atoms with Gasteiger partial charge in [0.2, 0.25) is 11.8 Å². The monoisotopic (exact) mass is 1020 g/mol. The number of H-pyrrole nitrogens is 1. The van der Waals surface area contributed by atoms with Crippen LogP contribution < -0.4 is 4.74 Å². The number of aliphatic carboxylic acids is 1. The number of carboxylic acid groups (broad SMARTS) is 1. The quantitative estimate of drug-likeness (QED) is 0.0604. The van der Waals surface area contributed by atoms with Crippen LogP contribution in [0, 0.1) is 47.8 Å². The molecule has 2 atom stereocenters. The van der Waals surface area contributed by atoms with Crippen molar-refractivity contribution in [3.05, 3.63) is 148 Å². The molecular formula is C58H66F5N5O6. The van der Waals surface area contributed by atoms with E-state index in [2.05, 4.69) is 46.0 Å². The fourth-order valence-electron chi connectivity index (χ4n) is 11.9. The van der Waals surface area contributed by atoms with Gasteiger partial charge in [-0.15, -0.1) is 0 Å². The van der Waals surface area contributed by atoms with Gasteiger partial charge in [0.15, 0.2) is 17.5 Å². The number of halogens is 5. The Morgan fingerprint density at radius 3 is 1.74 bits per heavy atom. The molecule has 74 heavy (non-hydrogen) atoms. The molecule has 2 amide bonds. The number of nitrogens with zero attached hydrogens (tertiary/aromatic N) is 4. The van der Waals surface area contributed by atoms with E-state index in [4.69, 9.17) is 4.74 Å². The molecule has 5 heterocycles. The number of aromatic nitrogens is 1. The summed E-state index contributed by atoms with van der Waals surface area (Å²) in [5, 5.41) is 21.6. The number of aliphatic hydroxyl groups is 1. The van der Waals surface area contributed by atoms with Gasteiger partial charge in [0.05, 0.1) is 13.7 Å². The van der Waals surface area contributed by atoms with Crippen LogP contribution in [0.2, 0.25) is 0 Å². The number of ether oxygens (including phenoxy) is 1. The van der Waals surface area contributed by atoms with Crippen LogP contribution in [0.25, 0.3) is 23.1 Å². The van der Waals surface area contributed by atoms with Gasteiger partial charge in [-0.3, -0.25) is 24.2 Å². The number of hydrogen-bond donors (Lipinski definition) is 3. The number of hydrogen-bond acceptors (Lipinski definition) is 7. The van der Waals surface area contributed by atoms with Crippen LogP contribution in [-0.2, 0) is 14.4 Å². The Bertz CT molecular complexity index is 2760. The topological polar surface area (TPSA) is 130 Å². The maximum atomic E-state index is 13.4. The third kappa shape index (κ3) is 12.9. The zero-order chi connectivity index (χ0) is 52.5. The number of methoxy groups -OCH3 is 1. The van der Waals surface area contributed by atoms with E-state index in [1.165, 1.54) is 58.6 Å². The molecule has 2 unspecified atom stereocenters. The minimum atomic E-state index is -1.55. The van der Waals surface area contributed by atoms with Crippen molar-refractivity contribution in [2.24, 2.45) is 11.8 Å². The lowest BCUT2D eigenvalue weighted by molar-refractivity contribution is -0.147. The van der Waals surface area contributed by atoms with Crippen LogP contribution in [0.15, 0.2) is 91.0 Å². The maximum Gasteiger partial charge on any atom is 0.321 e. The summed E-state index contributed by atoms with van der Waals surface area (Å²) in [7, 11) is 1.71. The van der Waals surface area contributed by atoms with Gasteiger partial charge in [-0.1, -0.05) is 36.4 Å². The number of amides is 2. The summed E-state index contributed by atoms with van der Waals surface area (Å²) in [5.74, 6) is -4.82. The van der Waals surface area contributed by atoms with E-state index >= 15 is 0 Å². The molecule has 16 heteroatoms. The maximum absolute atomic E-state index is 13.4. The van der Waals surface area contributed by atoms with Crippen LogP contribution >= 0.6 is 0 Å². The Morgan fingerprint density at radius 1 is 0.662 bits per heavy atom. The molecule has 0 saturated carbocycles. The normalized spacial score (nSPS) is 19.0. The number of aryl methyl sites for hydroxylation is 1. The average molecular weight is 1020 g/mol. The Hall–Kier alpha value is -6.36. The van der Waals surface area contributed by atoms with E-state index in [0.717, 1.165) is 81.1 Å². The summed E-state index contributed by atoms with van der Waals surface area (Å²) in [5.41, 5.74) is 5.27. The number of aliphatic hydroxyl groups excluding tert-OH is 1. The summed E-state index contributed by atoms with van der Waals surface area (Å²) in [4.78, 5) is 48.9. The molecule has 4 aliphatic heterocycles. The highest BCUT2D eigenvalue weighted by Gasteiger charge is 2.39. The molecule has 0 bridgehead atoms. The van der Waals surface area contributed by atoms with Crippen LogP contribution in [0.1, 0.15) is 91.2 Å².